The number of likely N-dealkylation sites (tertiary alicyclic amines) is 1. The Morgan fingerprint density at radius 2 is 1.75 bits per heavy atom. The minimum Gasteiger partial charge on any atom is -0.379 e. The largest absolute Gasteiger partial charge is 0.379 e. The Balaban J connectivity index is 2.11. The summed E-state index contributed by atoms with van der Waals surface area (Å²) in [6, 6.07) is 0. The summed E-state index contributed by atoms with van der Waals surface area (Å²) < 4.78 is 5.33. The van der Waals surface area contributed by atoms with E-state index in [4.69, 9.17) is 10.5 Å². The van der Waals surface area contributed by atoms with Crippen molar-refractivity contribution in [1.29, 1.82) is 0 Å². The monoisotopic (exact) mass is 227 g/mol. The third-order valence-corrected chi connectivity index (χ3v) is 3.89. The fourth-order valence-electron chi connectivity index (χ4n) is 2.70. The van der Waals surface area contributed by atoms with Gasteiger partial charge in [0.1, 0.15) is 5.54 Å². The van der Waals surface area contributed by atoms with E-state index in [-0.39, 0.29) is 5.91 Å². The van der Waals surface area contributed by atoms with Crippen LogP contribution in [0.1, 0.15) is 12.8 Å². The summed E-state index contributed by atoms with van der Waals surface area (Å²) in [5.74, 6) is -0.164. The normalized spacial score (nSPS) is 27.8. The molecule has 0 radical (unpaired) electrons. The van der Waals surface area contributed by atoms with Crippen LogP contribution in [-0.4, -0.2) is 67.7 Å². The van der Waals surface area contributed by atoms with Gasteiger partial charge in [-0.3, -0.25) is 9.69 Å². The molecule has 1 amide bonds. The Morgan fingerprint density at radius 3 is 2.25 bits per heavy atom. The first kappa shape index (κ1) is 11.8. The predicted octanol–water partition coefficient (Wildman–Crippen LogP) is -0.732. The van der Waals surface area contributed by atoms with Crippen molar-refractivity contribution < 1.29 is 9.53 Å². The van der Waals surface area contributed by atoms with Crippen molar-refractivity contribution in [3.8, 4) is 0 Å². The van der Waals surface area contributed by atoms with E-state index < -0.39 is 5.54 Å². The maximum atomic E-state index is 11.8. The van der Waals surface area contributed by atoms with E-state index in [0.29, 0.717) is 13.2 Å². The number of hydrogen-bond acceptors (Lipinski definition) is 4. The summed E-state index contributed by atoms with van der Waals surface area (Å²) in [5.41, 5.74) is 5.22. The first-order valence-corrected chi connectivity index (χ1v) is 5.96. The molecule has 2 saturated heterocycles. The van der Waals surface area contributed by atoms with E-state index in [2.05, 4.69) is 16.8 Å². The van der Waals surface area contributed by atoms with Crippen molar-refractivity contribution in [3.05, 3.63) is 0 Å². The van der Waals surface area contributed by atoms with E-state index in [0.717, 1.165) is 39.0 Å². The predicted molar refractivity (Wildman–Crippen MR) is 61.0 cm³/mol. The maximum Gasteiger partial charge on any atom is 0.238 e. The van der Waals surface area contributed by atoms with Gasteiger partial charge in [0.15, 0.2) is 0 Å². The number of amides is 1. The molecule has 2 heterocycles. The van der Waals surface area contributed by atoms with Crippen molar-refractivity contribution in [2.45, 2.75) is 18.4 Å². The van der Waals surface area contributed by atoms with Gasteiger partial charge in [0.2, 0.25) is 5.91 Å². The molecule has 0 bridgehead atoms. The van der Waals surface area contributed by atoms with E-state index in [1.807, 2.05) is 0 Å². The molecule has 0 saturated carbocycles. The number of hydrogen-bond donors (Lipinski definition) is 1. The molecule has 2 N–H and O–H groups in total. The van der Waals surface area contributed by atoms with Crippen molar-refractivity contribution in [1.82, 2.24) is 9.80 Å². The van der Waals surface area contributed by atoms with Gasteiger partial charge in [0, 0.05) is 26.2 Å². The summed E-state index contributed by atoms with van der Waals surface area (Å²) in [6.45, 7) is 4.97. The number of piperidine rings is 1. The molecule has 0 aromatic rings. The lowest BCUT2D eigenvalue weighted by molar-refractivity contribution is -0.137. The van der Waals surface area contributed by atoms with Gasteiger partial charge < -0.3 is 15.4 Å². The highest BCUT2D eigenvalue weighted by molar-refractivity contribution is 5.84. The van der Waals surface area contributed by atoms with Crippen LogP contribution < -0.4 is 5.73 Å². The van der Waals surface area contributed by atoms with Crippen molar-refractivity contribution in [2.75, 3.05) is 46.4 Å². The van der Waals surface area contributed by atoms with Crippen LogP contribution in [0.4, 0.5) is 0 Å². The molecular weight excluding hydrogens is 206 g/mol. The van der Waals surface area contributed by atoms with Gasteiger partial charge in [-0.1, -0.05) is 0 Å². The molecule has 0 atom stereocenters. The zero-order valence-electron chi connectivity index (χ0n) is 9.95. The first-order valence-electron chi connectivity index (χ1n) is 5.96. The van der Waals surface area contributed by atoms with Crippen LogP contribution in [0, 0.1) is 0 Å². The van der Waals surface area contributed by atoms with Gasteiger partial charge in [0.25, 0.3) is 0 Å². The van der Waals surface area contributed by atoms with Crippen molar-refractivity contribution in [3.63, 3.8) is 0 Å². The third-order valence-electron chi connectivity index (χ3n) is 3.89. The molecular formula is C11H21N3O2. The van der Waals surface area contributed by atoms with Gasteiger partial charge >= 0.3 is 0 Å². The van der Waals surface area contributed by atoms with Crippen molar-refractivity contribution >= 4 is 5.91 Å². The highest BCUT2D eigenvalue weighted by Crippen LogP contribution is 2.29. The second-order valence-corrected chi connectivity index (χ2v) is 4.80. The van der Waals surface area contributed by atoms with Gasteiger partial charge in [-0.2, -0.15) is 0 Å². The van der Waals surface area contributed by atoms with E-state index in [1.54, 1.807) is 0 Å². The van der Waals surface area contributed by atoms with Gasteiger partial charge in [-0.25, -0.2) is 0 Å². The zero-order valence-corrected chi connectivity index (χ0v) is 9.95. The van der Waals surface area contributed by atoms with Gasteiger partial charge in [-0.15, -0.1) is 0 Å². The van der Waals surface area contributed by atoms with E-state index >= 15 is 0 Å². The molecule has 0 aliphatic carbocycles. The lowest BCUT2D eigenvalue weighted by atomic mass is 9.84. The lowest BCUT2D eigenvalue weighted by Gasteiger charge is -2.47. The second kappa shape index (κ2) is 4.69. The number of ether oxygens (including phenoxy) is 1. The lowest BCUT2D eigenvalue weighted by Crippen LogP contribution is -2.64. The van der Waals surface area contributed by atoms with Crippen LogP contribution >= 0.6 is 0 Å². The molecule has 2 rings (SSSR count). The average Bonchev–Trinajstić information content (AvgIpc) is 2.31. The molecule has 5 nitrogen and oxygen atoms in total. The molecule has 92 valence electrons. The number of nitrogens with two attached hydrogens (primary N) is 1. The summed E-state index contributed by atoms with van der Waals surface area (Å²) in [4.78, 5) is 16.3. The van der Waals surface area contributed by atoms with Crippen molar-refractivity contribution in [2.24, 2.45) is 5.73 Å². The number of morpholine rings is 1. The van der Waals surface area contributed by atoms with Crippen LogP contribution in [0.5, 0.6) is 0 Å². The second-order valence-electron chi connectivity index (χ2n) is 4.80. The summed E-state index contributed by atoms with van der Waals surface area (Å²) in [5, 5.41) is 0. The molecule has 0 spiro atoms. The van der Waals surface area contributed by atoms with Crippen LogP contribution in [0.2, 0.25) is 0 Å². The highest BCUT2D eigenvalue weighted by atomic mass is 16.5. The van der Waals surface area contributed by atoms with Crippen LogP contribution in [0.3, 0.4) is 0 Å². The molecule has 0 aromatic carbocycles. The SMILES string of the molecule is CN1CCC(C(N)=O)(N2CCOCC2)CC1. The number of rotatable bonds is 2. The Bertz CT molecular complexity index is 256. The van der Waals surface area contributed by atoms with Crippen LogP contribution in [-0.2, 0) is 9.53 Å². The molecule has 2 aliphatic heterocycles. The van der Waals surface area contributed by atoms with E-state index in [1.165, 1.54) is 0 Å². The fraction of sp³-hybridized carbons (Fsp3) is 0.909. The zero-order chi connectivity index (χ0) is 11.6. The number of carbonyl (C=O) groups excluding carboxylic acids is 1. The average molecular weight is 227 g/mol. The first-order chi connectivity index (χ1) is 7.65. The molecule has 0 unspecified atom stereocenters. The Hall–Kier alpha value is -0.650. The number of carbonyl (C=O) groups is 1. The minimum absolute atomic E-state index is 0.164. The van der Waals surface area contributed by atoms with Gasteiger partial charge in [0.05, 0.1) is 13.2 Å². The quantitative estimate of drug-likeness (QED) is 0.675. The minimum atomic E-state index is -0.420. The molecule has 5 heteroatoms. The summed E-state index contributed by atoms with van der Waals surface area (Å²) >= 11 is 0. The summed E-state index contributed by atoms with van der Waals surface area (Å²) in [6.07, 6.45) is 1.69. The third kappa shape index (κ3) is 2.07. The molecule has 0 aromatic heterocycles. The molecule has 2 aliphatic rings. The van der Waals surface area contributed by atoms with Crippen LogP contribution in [0.15, 0.2) is 0 Å². The highest BCUT2D eigenvalue weighted by Gasteiger charge is 2.44. The summed E-state index contributed by atoms with van der Waals surface area (Å²) in [7, 11) is 2.09. The standard InChI is InChI=1S/C11H21N3O2/c1-13-4-2-11(3-5-13,10(12)15)14-6-8-16-9-7-14/h2-9H2,1H3,(H2,12,15). The molecule has 2 fully saturated rings. The topological polar surface area (TPSA) is 58.8 Å². The maximum absolute atomic E-state index is 11.8. The number of primary amides is 1. The Kier molecular flexibility index (Phi) is 3.47. The molecule has 16 heavy (non-hydrogen) atoms. The smallest absolute Gasteiger partial charge is 0.238 e. The van der Waals surface area contributed by atoms with Gasteiger partial charge in [-0.05, 0) is 19.9 Å². The van der Waals surface area contributed by atoms with Crippen LogP contribution in [0.25, 0.3) is 0 Å². The Morgan fingerprint density at radius 1 is 1.19 bits per heavy atom. The fourth-order valence-corrected chi connectivity index (χ4v) is 2.70. The Labute approximate surface area is 96.5 Å². The number of nitrogens with zero attached hydrogens (tertiary/aromatic N) is 2. The van der Waals surface area contributed by atoms with E-state index in [9.17, 15) is 4.79 Å².